The Hall–Kier alpha value is -3.68. The van der Waals surface area contributed by atoms with Crippen LogP contribution in [0.15, 0.2) is 66.4 Å². The zero-order chi connectivity index (χ0) is 20.1. The van der Waals surface area contributed by atoms with Gasteiger partial charge in [0.1, 0.15) is 18.0 Å². The van der Waals surface area contributed by atoms with Crippen molar-refractivity contribution in [1.29, 1.82) is 0 Å². The Kier molecular flexibility index (Phi) is 5.51. The normalized spacial score (nSPS) is 11.7. The van der Waals surface area contributed by atoms with Crippen molar-refractivity contribution in [3.63, 3.8) is 0 Å². The number of fused-ring (bicyclic) bond motifs is 1. The zero-order valence-electron chi connectivity index (χ0n) is 16.1. The van der Waals surface area contributed by atoms with Crippen LogP contribution in [0.3, 0.4) is 0 Å². The molecule has 0 fully saturated rings. The Bertz CT molecular complexity index is 1100. The van der Waals surface area contributed by atoms with E-state index in [1.807, 2.05) is 41.4 Å². The number of benzene rings is 1. The maximum absolute atomic E-state index is 13.3. The van der Waals surface area contributed by atoms with Crippen molar-refractivity contribution in [3.05, 3.63) is 78.4 Å². The van der Waals surface area contributed by atoms with E-state index in [4.69, 9.17) is 0 Å². The molecule has 0 unspecified atom stereocenters. The highest BCUT2D eigenvalue weighted by molar-refractivity contribution is 5.83. The molecule has 0 spiro atoms. The lowest BCUT2D eigenvalue weighted by molar-refractivity contribution is 0.629. The number of rotatable bonds is 6. The first-order valence-corrected chi connectivity index (χ1v) is 9.36. The predicted octanol–water partition coefficient (Wildman–Crippen LogP) is 2.80. The van der Waals surface area contributed by atoms with Crippen molar-refractivity contribution < 1.29 is 4.39 Å². The molecule has 0 bridgehead atoms. The number of hydrogen-bond acceptors (Lipinski definition) is 3. The maximum atomic E-state index is 13.3. The third-order valence-electron chi connectivity index (χ3n) is 4.68. The molecule has 0 aliphatic heterocycles. The first-order chi connectivity index (χ1) is 14.2. The van der Waals surface area contributed by atoms with E-state index >= 15 is 0 Å². The second-order valence-corrected chi connectivity index (χ2v) is 6.60. The minimum atomic E-state index is -0.235. The number of halogens is 1. The largest absolute Gasteiger partial charge is 0.361 e. The van der Waals surface area contributed by atoms with E-state index in [0.29, 0.717) is 13.1 Å². The molecule has 0 aliphatic carbocycles. The molecule has 0 saturated heterocycles. The second kappa shape index (κ2) is 8.55. The molecule has 0 saturated carbocycles. The van der Waals surface area contributed by atoms with Crippen molar-refractivity contribution in [3.8, 4) is 5.82 Å². The molecule has 8 heteroatoms. The minimum absolute atomic E-state index is 0.235. The fourth-order valence-corrected chi connectivity index (χ4v) is 3.16. The van der Waals surface area contributed by atoms with Gasteiger partial charge in [-0.25, -0.2) is 14.4 Å². The number of aromatic amines is 1. The second-order valence-electron chi connectivity index (χ2n) is 6.60. The molecule has 1 aromatic carbocycles. The summed E-state index contributed by atoms with van der Waals surface area (Å²) in [6.07, 6.45) is 9.86. The van der Waals surface area contributed by atoms with E-state index in [1.54, 1.807) is 19.6 Å². The van der Waals surface area contributed by atoms with Crippen LogP contribution in [-0.2, 0) is 13.0 Å². The Morgan fingerprint density at radius 1 is 1.24 bits per heavy atom. The summed E-state index contributed by atoms with van der Waals surface area (Å²) in [7, 11) is 1.74. The number of guanidine groups is 1. The standard InChI is InChI=1S/C21H22FN7/c1-23-21(25-7-6-16-13-26-19-10-17(22)3-4-18(16)19)28-12-15-2-5-20(27-11-15)29-9-8-24-14-29/h2-5,8-11,13-14,26H,6-7,12H2,1H3,(H2,23,25,28). The molecule has 7 nitrogen and oxygen atoms in total. The molecule has 148 valence electrons. The fraction of sp³-hybridized carbons (Fsp3) is 0.190. The number of H-pyrrole nitrogens is 1. The fourth-order valence-electron chi connectivity index (χ4n) is 3.16. The van der Waals surface area contributed by atoms with Crippen LogP contribution >= 0.6 is 0 Å². The van der Waals surface area contributed by atoms with E-state index < -0.39 is 0 Å². The third kappa shape index (κ3) is 4.43. The summed E-state index contributed by atoms with van der Waals surface area (Å²) >= 11 is 0. The van der Waals surface area contributed by atoms with Crippen LogP contribution in [0.4, 0.5) is 4.39 Å². The molecule has 3 N–H and O–H groups in total. The average molecular weight is 391 g/mol. The summed E-state index contributed by atoms with van der Waals surface area (Å²) in [5.41, 5.74) is 3.01. The SMILES string of the molecule is CN=C(NCCc1c[nH]c2cc(F)ccc12)NCc1ccc(-n2ccnc2)nc1. The summed E-state index contributed by atoms with van der Waals surface area (Å²) < 4.78 is 15.2. The minimum Gasteiger partial charge on any atom is -0.361 e. The van der Waals surface area contributed by atoms with Crippen LogP contribution in [0.25, 0.3) is 16.7 Å². The summed E-state index contributed by atoms with van der Waals surface area (Å²) in [5, 5.41) is 7.63. The molecular weight excluding hydrogens is 369 g/mol. The highest BCUT2D eigenvalue weighted by Gasteiger charge is 2.05. The van der Waals surface area contributed by atoms with Gasteiger partial charge in [0.15, 0.2) is 5.96 Å². The first kappa shape index (κ1) is 18.7. The summed E-state index contributed by atoms with van der Waals surface area (Å²) in [6, 6.07) is 8.78. The highest BCUT2D eigenvalue weighted by atomic mass is 19.1. The summed E-state index contributed by atoms with van der Waals surface area (Å²) in [4.78, 5) is 15.9. The van der Waals surface area contributed by atoms with Crippen molar-refractivity contribution in [2.75, 3.05) is 13.6 Å². The van der Waals surface area contributed by atoms with Gasteiger partial charge in [-0.15, -0.1) is 0 Å². The molecule has 29 heavy (non-hydrogen) atoms. The average Bonchev–Trinajstić information content (AvgIpc) is 3.41. The van der Waals surface area contributed by atoms with Crippen LogP contribution in [-0.4, -0.2) is 39.1 Å². The van der Waals surface area contributed by atoms with Crippen molar-refractivity contribution in [1.82, 2.24) is 30.2 Å². The quantitative estimate of drug-likeness (QED) is 0.349. The van der Waals surface area contributed by atoms with Crippen molar-refractivity contribution >= 4 is 16.9 Å². The molecule has 3 aromatic heterocycles. The van der Waals surface area contributed by atoms with Gasteiger partial charge >= 0.3 is 0 Å². The monoisotopic (exact) mass is 391 g/mol. The summed E-state index contributed by atoms with van der Waals surface area (Å²) in [6.45, 7) is 1.32. The Balaban J connectivity index is 1.28. The number of pyridine rings is 1. The van der Waals surface area contributed by atoms with E-state index in [1.165, 1.54) is 12.1 Å². The maximum Gasteiger partial charge on any atom is 0.191 e. The van der Waals surface area contributed by atoms with Crippen LogP contribution in [0.1, 0.15) is 11.1 Å². The molecular formula is C21H22FN7. The van der Waals surface area contributed by atoms with E-state index in [2.05, 4.69) is 30.6 Å². The molecule has 4 rings (SSSR count). The molecule has 0 atom stereocenters. The number of nitrogens with one attached hydrogen (secondary N) is 3. The third-order valence-corrected chi connectivity index (χ3v) is 4.68. The molecule has 0 radical (unpaired) electrons. The van der Waals surface area contributed by atoms with Crippen molar-refractivity contribution in [2.24, 2.45) is 4.99 Å². The molecule has 0 aliphatic rings. The van der Waals surface area contributed by atoms with Crippen LogP contribution in [0, 0.1) is 5.82 Å². The van der Waals surface area contributed by atoms with Gasteiger partial charge in [0.2, 0.25) is 0 Å². The van der Waals surface area contributed by atoms with Gasteiger partial charge in [-0.2, -0.15) is 0 Å². The van der Waals surface area contributed by atoms with Crippen LogP contribution < -0.4 is 10.6 Å². The predicted molar refractivity (Wildman–Crippen MR) is 112 cm³/mol. The number of hydrogen-bond donors (Lipinski definition) is 3. The Morgan fingerprint density at radius 3 is 2.93 bits per heavy atom. The molecule has 3 heterocycles. The number of aliphatic imine (C=N–C) groups is 1. The van der Waals surface area contributed by atoms with E-state index in [9.17, 15) is 4.39 Å². The topological polar surface area (TPSA) is 82.9 Å². The van der Waals surface area contributed by atoms with Gasteiger partial charge in [0.05, 0.1) is 0 Å². The van der Waals surface area contributed by atoms with E-state index in [-0.39, 0.29) is 5.82 Å². The van der Waals surface area contributed by atoms with E-state index in [0.717, 1.165) is 40.2 Å². The van der Waals surface area contributed by atoms with Crippen LogP contribution in [0.2, 0.25) is 0 Å². The first-order valence-electron chi connectivity index (χ1n) is 9.36. The Labute approximate surface area is 167 Å². The lowest BCUT2D eigenvalue weighted by Crippen LogP contribution is -2.37. The van der Waals surface area contributed by atoms with Crippen LogP contribution in [0.5, 0.6) is 0 Å². The number of imidazole rings is 1. The van der Waals surface area contributed by atoms with Gasteiger partial charge in [0.25, 0.3) is 0 Å². The van der Waals surface area contributed by atoms with Gasteiger partial charge in [-0.3, -0.25) is 9.56 Å². The lowest BCUT2D eigenvalue weighted by atomic mass is 10.1. The lowest BCUT2D eigenvalue weighted by Gasteiger charge is -2.12. The molecule has 0 amide bonds. The summed E-state index contributed by atoms with van der Waals surface area (Å²) in [5.74, 6) is 1.31. The van der Waals surface area contributed by atoms with Crippen molar-refractivity contribution in [2.45, 2.75) is 13.0 Å². The highest BCUT2D eigenvalue weighted by Crippen LogP contribution is 2.19. The Morgan fingerprint density at radius 2 is 2.17 bits per heavy atom. The molecule has 4 aromatic rings. The van der Waals surface area contributed by atoms with Gasteiger partial charge in [-0.05, 0) is 41.8 Å². The number of aromatic nitrogens is 4. The van der Waals surface area contributed by atoms with Gasteiger partial charge in [0, 0.05) is 55.8 Å². The zero-order valence-corrected chi connectivity index (χ0v) is 16.1. The number of nitrogens with zero attached hydrogens (tertiary/aromatic N) is 4. The van der Waals surface area contributed by atoms with Gasteiger partial charge in [-0.1, -0.05) is 6.07 Å². The van der Waals surface area contributed by atoms with Gasteiger partial charge < -0.3 is 15.6 Å². The smallest absolute Gasteiger partial charge is 0.191 e.